The fourth-order valence-corrected chi connectivity index (χ4v) is 4.05. The van der Waals surface area contributed by atoms with Crippen molar-refractivity contribution in [2.24, 2.45) is 0 Å². The number of carbonyl (C=O) groups is 2. The number of aliphatic carboxylic acids is 1. The minimum atomic E-state index is -0.836. The molecule has 0 aliphatic carbocycles. The highest BCUT2D eigenvalue weighted by molar-refractivity contribution is 5.73. The van der Waals surface area contributed by atoms with Gasteiger partial charge in [0, 0.05) is 6.42 Å². The Morgan fingerprint density at radius 2 is 1.35 bits per heavy atom. The van der Waals surface area contributed by atoms with Crippen LogP contribution < -0.4 is 0 Å². The molecule has 0 aliphatic heterocycles. The number of nitrogens with zero attached hydrogens (tertiary/aromatic N) is 1. The van der Waals surface area contributed by atoms with Gasteiger partial charge in [0.05, 0.1) is 0 Å². The molecule has 0 aliphatic rings. The van der Waals surface area contributed by atoms with Crippen molar-refractivity contribution in [3.8, 4) is 0 Å². The largest absolute Gasteiger partial charge is 0.480 e. The van der Waals surface area contributed by atoms with E-state index in [9.17, 15) is 19.1 Å². The highest BCUT2D eigenvalue weighted by Crippen LogP contribution is 2.15. The summed E-state index contributed by atoms with van der Waals surface area (Å²) < 4.78 is 18.4. The number of carbonyl (C=O) groups excluding carboxylic acids is 1. The second kappa shape index (κ2) is 16.6. The highest BCUT2D eigenvalue weighted by Gasteiger charge is 2.22. The van der Waals surface area contributed by atoms with E-state index < -0.39 is 12.0 Å². The van der Waals surface area contributed by atoms with Crippen molar-refractivity contribution in [3.63, 3.8) is 0 Å². The molecule has 0 saturated carbocycles. The standard InChI is InChI=1S/C28H46FNO4/c1-28(2,3)34-26(31)16-14-12-10-8-6-5-7-9-11-13-15-21-30(4)25(27(32)33)22-23-17-19-24(29)20-18-23/h17-20,25H,5-16,21-22H2,1-4H3,(H,32,33). The smallest absolute Gasteiger partial charge is 0.321 e. The summed E-state index contributed by atoms with van der Waals surface area (Å²) >= 11 is 0. The van der Waals surface area contributed by atoms with E-state index in [1.807, 2.05) is 32.7 Å². The molecule has 0 saturated heterocycles. The summed E-state index contributed by atoms with van der Waals surface area (Å²) in [5.74, 6) is -1.24. The average Bonchev–Trinajstić information content (AvgIpc) is 2.74. The van der Waals surface area contributed by atoms with Gasteiger partial charge in [0.25, 0.3) is 0 Å². The lowest BCUT2D eigenvalue weighted by Crippen LogP contribution is -2.40. The summed E-state index contributed by atoms with van der Waals surface area (Å²) in [5.41, 5.74) is 0.447. The number of esters is 1. The minimum Gasteiger partial charge on any atom is -0.480 e. The Labute approximate surface area is 206 Å². The van der Waals surface area contributed by atoms with E-state index in [0.717, 1.165) is 37.8 Å². The minimum absolute atomic E-state index is 0.0925. The molecule has 0 amide bonds. The Bertz CT molecular complexity index is 699. The van der Waals surface area contributed by atoms with Crippen molar-refractivity contribution in [1.29, 1.82) is 0 Å². The SMILES string of the molecule is CN(CCCCCCCCCCCCCC(=O)OC(C)(C)C)C(Cc1ccc(F)cc1)C(=O)O. The molecule has 0 bridgehead atoms. The highest BCUT2D eigenvalue weighted by atomic mass is 19.1. The van der Waals surface area contributed by atoms with Gasteiger partial charge in [-0.2, -0.15) is 0 Å². The summed E-state index contributed by atoms with van der Waals surface area (Å²) in [4.78, 5) is 25.2. The topological polar surface area (TPSA) is 66.8 Å². The molecule has 1 aromatic carbocycles. The molecule has 34 heavy (non-hydrogen) atoms. The summed E-state index contributed by atoms with van der Waals surface area (Å²) in [5, 5.41) is 9.58. The maximum Gasteiger partial charge on any atom is 0.321 e. The van der Waals surface area contributed by atoms with Crippen LogP contribution in [0.5, 0.6) is 0 Å². The third-order valence-corrected chi connectivity index (χ3v) is 5.97. The van der Waals surface area contributed by atoms with E-state index in [-0.39, 0.29) is 17.4 Å². The number of carboxylic acids is 1. The molecule has 1 rings (SSSR count). The summed E-state index contributed by atoms with van der Waals surface area (Å²) in [6.07, 6.45) is 13.6. The van der Waals surface area contributed by atoms with Crippen molar-refractivity contribution in [3.05, 3.63) is 35.6 Å². The van der Waals surface area contributed by atoms with Gasteiger partial charge in [-0.25, -0.2) is 4.39 Å². The van der Waals surface area contributed by atoms with Crippen LogP contribution in [-0.2, 0) is 20.7 Å². The van der Waals surface area contributed by atoms with Crippen LogP contribution in [0.3, 0.4) is 0 Å². The summed E-state index contributed by atoms with van der Waals surface area (Å²) in [7, 11) is 1.86. The molecule has 1 atom stereocenters. The zero-order valence-corrected chi connectivity index (χ0v) is 21.8. The summed E-state index contributed by atoms with van der Waals surface area (Å²) in [6.45, 7) is 6.45. The average molecular weight is 480 g/mol. The van der Waals surface area contributed by atoms with E-state index in [0.29, 0.717) is 12.8 Å². The lowest BCUT2D eigenvalue weighted by Gasteiger charge is -2.24. The molecule has 5 nitrogen and oxygen atoms in total. The number of carboxylic acid groups (broad SMARTS) is 1. The van der Waals surface area contributed by atoms with Crippen LogP contribution in [-0.4, -0.2) is 47.2 Å². The van der Waals surface area contributed by atoms with E-state index >= 15 is 0 Å². The number of benzene rings is 1. The Morgan fingerprint density at radius 1 is 0.882 bits per heavy atom. The van der Waals surface area contributed by atoms with Gasteiger partial charge in [-0.1, -0.05) is 69.9 Å². The molecule has 1 unspecified atom stereocenters. The lowest BCUT2D eigenvalue weighted by atomic mass is 10.0. The van der Waals surface area contributed by atoms with Crippen molar-refractivity contribution in [1.82, 2.24) is 4.90 Å². The second-order valence-electron chi connectivity index (χ2n) is 10.4. The van der Waals surface area contributed by atoms with Gasteiger partial charge in [-0.3, -0.25) is 14.5 Å². The van der Waals surface area contributed by atoms with E-state index in [4.69, 9.17) is 4.74 Å². The molecule has 1 N–H and O–H groups in total. The van der Waals surface area contributed by atoms with Crippen LogP contribution >= 0.6 is 0 Å². The van der Waals surface area contributed by atoms with Crippen LogP contribution in [0.15, 0.2) is 24.3 Å². The maximum atomic E-state index is 13.1. The molecule has 0 fully saturated rings. The Balaban J connectivity index is 2.01. The first-order valence-electron chi connectivity index (χ1n) is 13.0. The third kappa shape index (κ3) is 15.0. The van der Waals surface area contributed by atoms with Crippen molar-refractivity contribution in [2.45, 2.75) is 116 Å². The maximum absolute atomic E-state index is 13.1. The number of unbranched alkanes of at least 4 members (excludes halogenated alkanes) is 10. The zero-order chi connectivity index (χ0) is 25.4. The van der Waals surface area contributed by atoms with Gasteiger partial charge in [-0.05, 0) is 71.3 Å². The fourth-order valence-electron chi connectivity index (χ4n) is 4.05. The van der Waals surface area contributed by atoms with E-state index in [1.165, 1.54) is 57.1 Å². The molecule has 0 spiro atoms. The molecular weight excluding hydrogens is 433 g/mol. The van der Waals surface area contributed by atoms with Gasteiger partial charge in [0.1, 0.15) is 17.5 Å². The second-order valence-corrected chi connectivity index (χ2v) is 10.4. The number of hydrogen-bond acceptors (Lipinski definition) is 4. The predicted octanol–water partition coefficient (Wildman–Crippen LogP) is 6.78. The zero-order valence-electron chi connectivity index (χ0n) is 21.8. The number of halogens is 1. The first-order valence-corrected chi connectivity index (χ1v) is 13.0. The van der Waals surface area contributed by atoms with Crippen molar-refractivity contribution < 1.29 is 23.8 Å². The Kier molecular flexibility index (Phi) is 14.7. The Morgan fingerprint density at radius 3 is 1.82 bits per heavy atom. The molecule has 194 valence electrons. The van der Waals surface area contributed by atoms with Gasteiger partial charge in [0.15, 0.2) is 0 Å². The van der Waals surface area contributed by atoms with Crippen molar-refractivity contribution in [2.75, 3.05) is 13.6 Å². The van der Waals surface area contributed by atoms with E-state index in [2.05, 4.69) is 0 Å². The van der Waals surface area contributed by atoms with Crippen LogP contribution in [0.1, 0.15) is 103 Å². The molecule has 0 radical (unpaired) electrons. The van der Waals surface area contributed by atoms with Gasteiger partial charge >= 0.3 is 11.9 Å². The van der Waals surface area contributed by atoms with Crippen molar-refractivity contribution >= 4 is 11.9 Å². The quantitative estimate of drug-likeness (QED) is 0.186. The molecule has 0 aromatic heterocycles. The third-order valence-electron chi connectivity index (χ3n) is 5.97. The fraction of sp³-hybridized carbons (Fsp3) is 0.714. The monoisotopic (exact) mass is 479 g/mol. The Hall–Kier alpha value is -1.95. The molecule has 0 heterocycles. The number of hydrogen-bond donors (Lipinski definition) is 1. The summed E-state index contributed by atoms with van der Waals surface area (Å²) in [6, 6.07) is 5.48. The normalized spacial score (nSPS) is 12.6. The van der Waals surface area contributed by atoms with Gasteiger partial charge in [0.2, 0.25) is 0 Å². The molecular formula is C28H46FNO4. The van der Waals surface area contributed by atoms with Crippen LogP contribution in [0.2, 0.25) is 0 Å². The predicted molar refractivity (Wildman–Crippen MR) is 135 cm³/mol. The van der Waals surface area contributed by atoms with Gasteiger partial charge < -0.3 is 9.84 Å². The number of likely N-dealkylation sites (N-methyl/N-ethyl adjacent to an activating group) is 1. The van der Waals surface area contributed by atoms with Crippen LogP contribution in [0, 0.1) is 5.82 Å². The van der Waals surface area contributed by atoms with Crippen LogP contribution in [0.25, 0.3) is 0 Å². The number of ether oxygens (including phenoxy) is 1. The first kappa shape index (κ1) is 30.1. The van der Waals surface area contributed by atoms with Gasteiger partial charge in [-0.15, -0.1) is 0 Å². The van der Waals surface area contributed by atoms with E-state index in [1.54, 1.807) is 12.1 Å². The first-order chi connectivity index (χ1) is 16.1. The number of rotatable bonds is 18. The van der Waals surface area contributed by atoms with Crippen LogP contribution in [0.4, 0.5) is 4.39 Å². The molecule has 1 aromatic rings. The lowest BCUT2D eigenvalue weighted by molar-refractivity contribution is -0.155. The molecule has 6 heteroatoms.